The number of fused-ring (bicyclic) bond motifs is 4. The van der Waals surface area contributed by atoms with Gasteiger partial charge in [-0.25, -0.2) is 9.97 Å². The van der Waals surface area contributed by atoms with E-state index in [0.29, 0.717) is 18.1 Å². The van der Waals surface area contributed by atoms with Gasteiger partial charge in [-0.05, 0) is 106 Å². The summed E-state index contributed by atoms with van der Waals surface area (Å²) in [4.78, 5) is 20.2. The number of hydrogen-bond donors (Lipinski definition) is 1. The van der Waals surface area contributed by atoms with Crippen LogP contribution in [-0.2, 0) is 12.8 Å². The average molecular weight is 620 g/mol. The lowest BCUT2D eigenvalue weighted by Crippen LogP contribution is -2.69. The minimum absolute atomic E-state index is 0.353. The van der Waals surface area contributed by atoms with E-state index < -0.39 is 0 Å². The van der Waals surface area contributed by atoms with E-state index in [1.165, 1.54) is 71.3 Å². The third kappa shape index (κ3) is 6.47. The van der Waals surface area contributed by atoms with E-state index >= 15 is 0 Å². The van der Waals surface area contributed by atoms with Crippen molar-refractivity contribution >= 4 is 22.8 Å². The van der Waals surface area contributed by atoms with Gasteiger partial charge in [-0.15, -0.1) is 0 Å². The van der Waals surface area contributed by atoms with Gasteiger partial charge in [-0.1, -0.05) is 49.4 Å². The summed E-state index contributed by atoms with van der Waals surface area (Å²) in [5.74, 6) is 2.06. The maximum absolute atomic E-state index is 6.12. The van der Waals surface area contributed by atoms with Gasteiger partial charge in [0.25, 0.3) is 0 Å². The summed E-state index contributed by atoms with van der Waals surface area (Å²) in [5, 5.41) is 1.18. The summed E-state index contributed by atoms with van der Waals surface area (Å²) in [5.41, 5.74) is 15.2. The van der Waals surface area contributed by atoms with Crippen molar-refractivity contribution in [2.45, 2.75) is 83.3 Å². The zero-order valence-corrected chi connectivity index (χ0v) is 28.3. The molecule has 9 rings (SSSR count). The van der Waals surface area contributed by atoms with Gasteiger partial charge in [-0.2, -0.15) is 0 Å². The monoisotopic (exact) mass is 619 g/mol. The molecule has 3 aromatic rings. The van der Waals surface area contributed by atoms with Gasteiger partial charge in [0, 0.05) is 68.4 Å². The van der Waals surface area contributed by atoms with Crippen LogP contribution in [0.15, 0.2) is 48.7 Å². The van der Waals surface area contributed by atoms with E-state index in [1.54, 1.807) is 0 Å². The summed E-state index contributed by atoms with van der Waals surface area (Å²) in [7, 11) is 2.17. The number of aromatic nitrogens is 2. The highest BCUT2D eigenvalue weighted by molar-refractivity contribution is 5.94. The average Bonchev–Trinajstić information content (AvgIpc) is 3.55. The third-order valence-corrected chi connectivity index (χ3v) is 10.9. The van der Waals surface area contributed by atoms with Crippen LogP contribution in [-0.4, -0.2) is 95.7 Å². The van der Waals surface area contributed by atoms with Crippen LogP contribution in [0.4, 0.5) is 5.82 Å². The van der Waals surface area contributed by atoms with Crippen molar-refractivity contribution in [3.05, 3.63) is 71.2 Å². The second kappa shape index (κ2) is 13.5. The lowest BCUT2D eigenvalue weighted by molar-refractivity contribution is 0.112. The van der Waals surface area contributed by atoms with E-state index in [2.05, 4.69) is 89.6 Å². The molecule has 0 amide bonds. The fourth-order valence-electron chi connectivity index (χ4n) is 8.26. The minimum Gasteiger partial charge on any atom is -0.374 e. The summed E-state index contributed by atoms with van der Waals surface area (Å²) in [6.07, 6.45) is 13.9. The molecule has 2 aromatic carbocycles. The van der Waals surface area contributed by atoms with Gasteiger partial charge >= 0.3 is 0 Å². The van der Waals surface area contributed by atoms with Crippen LogP contribution >= 0.6 is 0 Å². The Hall–Kier alpha value is -3.26. The van der Waals surface area contributed by atoms with Crippen LogP contribution in [0.1, 0.15) is 68.0 Å². The zero-order valence-electron chi connectivity index (χ0n) is 28.3. The van der Waals surface area contributed by atoms with Crippen molar-refractivity contribution in [1.82, 2.24) is 24.7 Å². The van der Waals surface area contributed by atoms with E-state index in [-0.39, 0.29) is 0 Å². The predicted molar refractivity (Wildman–Crippen MR) is 192 cm³/mol. The number of benzene rings is 2. The summed E-state index contributed by atoms with van der Waals surface area (Å²) < 4.78 is 0. The SMILES string of the molecule is C=C(CN1CC2CC(C1)N2c1nc(CC)nc2cc(-c3cc(C)cc4c3C=CCC4)ccc12)N1CCC(N)CC1.CN1CCCC1. The molecule has 5 fully saturated rings. The van der Waals surface area contributed by atoms with Gasteiger partial charge in [0.05, 0.1) is 5.52 Å². The van der Waals surface area contributed by atoms with Crippen molar-refractivity contribution in [1.29, 1.82) is 0 Å². The minimum atomic E-state index is 0.353. The van der Waals surface area contributed by atoms with Crippen molar-refractivity contribution < 1.29 is 0 Å². The molecule has 2 atom stereocenters. The van der Waals surface area contributed by atoms with Crippen LogP contribution < -0.4 is 10.6 Å². The van der Waals surface area contributed by atoms with Gasteiger partial charge in [-0.3, -0.25) is 4.90 Å². The molecule has 6 aliphatic rings. The number of allylic oxidation sites excluding steroid dienone is 1. The zero-order chi connectivity index (χ0) is 31.8. The van der Waals surface area contributed by atoms with Gasteiger partial charge in [0.15, 0.2) is 0 Å². The number of piperidine rings is 2. The fraction of sp³-hybridized carbons (Fsp3) is 0.538. The Kier molecular flexibility index (Phi) is 9.17. The van der Waals surface area contributed by atoms with E-state index in [9.17, 15) is 0 Å². The Morgan fingerprint density at radius 3 is 2.46 bits per heavy atom. The molecule has 0 spiro atoms. The Bertz CT molecular complexity index is 1590. The summed E-state index contributed by atoms with van der Waals surface area (Å²) in [6.45, 7) is 16.6. The molecule has 46 heavy (non-hydrogen) atoms. The van der Waals surface area contributed by atoms with Crippen molar-refractivity contribution in [2.75, 3.05) is 57.8 Å². The molecule has 1 aliphatic carbocycles. The highest BCUT2D eigenvalue weighted by Crippen LogP contribution is 2.41. The summed E-state index contributed by atoms with van der Waals surface area (Å²) >= 11 is 0. The summed E-state index contributed by atoms with van der Waals surface area (Å²) in [6, 6.07) is 12.9. The lowest BCUT2D eigenvalue weighted by atomic mass is 9.86. The molecule has 0 radical (unpaired) electrons. The highest BCUT2D eigenvalue weighted by Gasteiger charge is 2.46. The molecule has 7 nitrogen and oxygen atoms in total. The maximum atomic E-state index is 6.12. The number of rotatable bonds is 6. The Morgan fingerprint density at radius 2 is 1.76 bits per heavy atom. The molecular formula is C39H53N7. The van der Waals surface area contributed by atoms with Crippen molar-refractivity contribution in [3.8, 4) is 11.1 Å². The molecule has 5 aliphatic heterocycles. The fourth-order valence-corrected chi connectivity index (χ4v) is 8.26. The molecule has 2 N–H and O–H groups in total. The smallest absolute Gasteiger partial charge is 0.140 e. The van der Waals surface area contributed by atoms with Crippen LogP contribution in [0.3, 0.4) is 0 Å². The highest BCUT2D eigenvalue weighted by atomic mass is 15.4. The van der Waals surface area contributed by atoms with E-state index in [1.807, 2.05) is 0 Å². The number of nitrogens with two attached hydrogens (primary N) is 1. The van der Waals surface area contributed by atoms with Gasteiger partial charge in [0.1, 0.15) is 11.6 Å². The van der Waals surface area contributed by atoms with Crippen molar-refractivity contribution in [3.63, 3.8) is 0 Å². The molecule has 6 heterocycles. The number of hydrogen-bond acceptors (Lipinski definition) is 7. The lowest BCUT2D eigenvalue weighted by Gasteiger charge is -2.57. The van der Waals surface area contributed by atoms with Crippen LogP contribution in [0, 0.1) is 6.92 Å². The number of aryl methyl sites for hydroxylation is 3. The second-order valence-electron chi connectivity index (χ2n) is 14.4. The van der Waals surface area contributed by atoms with Crippen LogP contribution in [0.5, 0.6) is 0 Å². The molecule has 7 heteroatoms. The van der Waals surface area contributed by atoms with Crippen molar-refractivity contribution in [2.24, 2.45) is 5.73 Å². The largest absolute Gasteiger partial charge is 0.374 e. The topological polar surface area (TPSA) is 64.8 Å². The first-order valence-electron chi connectivity index (χ1n) is 17.8. The molecule has 244 valence electrons. The first-order valence-corrected chi connectivity index (χ1v) is 17.8. The number of piperazine rings is 1. The molecular weight excluding hydrogens is 566 g/mol. The molecule has 0 saturated carbocycles. The first-order chi connectivity index (χ1) is 22.4. The van der Waals surface area contributed by atoms with E-state index in [4.69, 9.17) is 15.7 Å². The Balaban J connectivity index is 0.000000508. The Labute approximate surface area is 276 Å². The predicted octanol–water partition coefficient (Wildman–Crippen LogP) is 6.04. The Morgan fingerprint density at radius 1 is 1.00 bits per heavy atom. The molecule has 2 bridgehead atoms. The third-order valence-electron chi connectivity index (χ3n) is 10.9. The van der Waals surface area contributed by atoms with Crippen LogP contribution in [0.2, 0.25) is 0 Å². The molecule has 5 saturated heterocycles. The van der Waals surface area contributed by atoms with E-state index in [0.717, 1.165) is 82.0 Å². The van der Waals surface area contributed by atoms with Gasteiger partial charge in [0.2, 0.25) is 0 Å². The quantitative estimate of drug-likeness (QED) is 0.361. The van der Waals surface area contributed by atoms with Crippen LogP contribution in [0.25, 0.3) is 28.1 Å². The first kappa shape index (κ1) is 31.3. The number of nitrogens with zero attached hydrogens (tertiary/aromatic N) is 6. The maximum Gasteiger partial charge on any atom is 0.140 e. The number of likely N-dealkylation sites (tertiary alicyclic amines) is 2. The number of anilines is 1. The molecule has 2 unspecified atom stereocenters. The standard InChI is InChI=1S/C34H42N6.C5H11N/c1-4-33-36-32-17-25(31-16-22(2)15-24-7-5-6-8-29(24)31)9-10-30(32)34(37-33)40-27-18-28(40)21-38(20-27)19-23(3)39-13-11-26(35)12-14-39;1-6-4-2-3-5-6/h6,8-10,15-17,26-28H,3-5,7,11-14,18-21,35H2,1-2H3;2-5H2,1H3. The normalized spacial score (nSPS) is 23.2. The second-order valence-corrected chi connectivity index (χ2v) is 14.4. The van der Waals surface area contributed by atoms with Gasteiger partial charge < -0.3 is 20.4 Å². The molecule has 1 aromatic heterocycles.